The summed E-state index contributed by atoms with van der Waals surface area (Å²) in [5.41, 5.74) is 0.971. The van der Waals surface area contributed by atoms with E-state index in [4.69, 9.17) is 4.74 Å². The number of rotatable bonds is 6. The monoisotopic (exact) mass is 262 g/mol. The van der Waals surface area contributed by atoms with E-state index in [1.165, 1.54) is 25.7 Å². The fourth-order valence-corrected chi connectivity index (χ4v) is 2.73. The molecule has 0 spiro atoms. The molecular weight excluding hydrogens is 236 g/mol. The molecule has 1 N–H and O–H groups in total. The van der Waals surface area contributed by atoms with Crippen LogP contribution in [0.5, 0.6) is 5.75 Å². The normalized spacial score (nSPS) is 19.3. The van der Waals surface area contributed by atoms with Crippen molar-refractivity contribution in [2.45, 2.75) is 52.1 Å². The summed E-state index contributed by atoms with van der Waals surface area (Å²) in [6.07, 6.45) is 5.89. The van der Waals surface area contributed by atoms with Gasteiger partial charge in [-0.25, -0.2) is 0 Å². The molecule has 2 nitrogen and oxygen atoms in total. The molecule has 0 unspecified atom stereocenters. The van der Waals surface area contributed by atoms with Crippen LogP contribution in [0.15, 0.2) is 24.3 Å². The van der Waals surface area contributed by atoms with Crippen LogP contribution >= 0.6 is 0 Å². The average molecular weight is 262 g/mol. The predicted octanol–water partition coefficient (Wildman–Crippen LogP) is 4.34. The van der Waals surface area contributed by atoms with Crippen LogP contribution < -0.4 is 4.74 Å². The van der Waals surface area contributed by atoms with Gasteiger partial charge in [-0.2, -0.15) is 0 Å². The van der Waals surface area contributed by atoms with E-state index in [1.807, 2.05) is 24.3 Å². The molecule has 19 heavy (non-hydrogen) atoms. The second kappa shape index (κ2) is 6.95. The molecule has 0 aliphatic heterocycles. The van der Waals surface area contributed by atoms with Gasteiger partial charge in [-0.3, -0.25) is 0 Å². The average Bonchev–Trinajstić information content (AvgIpc) is 2.97. The van der Waals surface area contributed by atoms with Crippen LogP contribution in [0.3, 0.4) is 0 Å². The van der Waals surface area contributed by atoms with Gasteiger partial charge in [-0.15, -0.1) is 0 Å². The van der Waals surface area contributed by atoms with Crippen LogP contribution in [0.1, 0.15) is 57.6 Å². The number of benzene rings is 1. The molecule has 0 aromatic heterocycles. The van der Waals surface area contributed by atoms with Gasteiger partial charge in [0.05, 0.1) is 12.7 Å². The van der Waals surface area contributed by atoms with Gasteiger partial charge in [0.25, 0.3) is 0 Å². The Hall–Kier alpha value is -1.02. The van der Waals surface area contributed by atoms with Gasteiger partial charge < -0.3 is 9.84 Å². The lowest BCUT2D eigenvalue weighted by atomic mass is 9.95. The van der Waals surface area contributed by atoms with Gasteiger partial charge in [0, 0.05) is 0 Å². The van der Waals surface area contributed by atoms with E-state index >= 15 is 0 Å². The minimum atomic E-state index is -0.389. The molecule has 0 amide bonds. The molecule has 2 atom stereocenters. The second-order valence-corrected chi connectivity index (χ2v) is 5.86. The molecule has 1 aliphatic rings. The Morgan fingerprint density at radius 2 is 2.05 bits per heavy atom. The first-order valence-electron chi connectivity index (χ1n) is 7.61. The molecule has 1 saturated carbocycles. The maximum atomic E-state index is 10.2. The number of hydrogen-bond donors (Lipinski definition) is 1. The summed E-state index contributed by atoms with van der Waals surface area (Å²) >= 11 is 0. The number of aliphatic hydroxyl groups excluding tert-OH is 1. The summed E-state index contributed by atoms with van der Waals surface area (Å²) in [5, 5.41) is 10.2. The third-order valence-corrected chi connectivity index (χ3v) is 4.34. The topological polar surface area (TPSA) is 29.5 Å². The zero-order chi connectivity index (χ0) is 13.7. The Bertz CT molecular complexity index is 383. The van der Waals surface area contributed by atoms with Crippen LogP contribution in [-0.4, -0.2) is 11.7 Å². The Labute approximate surface area is 116 Å². The summed E-state index contributed by atoms with van der Waals surface area (Å²) in [7, 11) is 0. The molecule has 1 aromatic carbocycles. The highest BCUT2D eigenvalue weighted by molar-refractivity contribution is 5.30. The lowest BCUT2D eigenvalue weighted by Gasteiger charge is -2.18. The Balaban J connectivity index is 1.94. The van der Waals surface area contributed by atoms with Crippen molar-refractivity contribution in [1.82, 2.24) is 0 Å². The summed E-state index contributed by atoms with van der Waals surface area (Å²) in [6.45, 7) is 5.01. The third kappa shape index (κ3) is 3.97. The van der Waals surface area contributed by atoms with E-state index in [0.29, 0.717) is 0 Å². The summed E-state index contributed by atoms with van der Waals surface area (Å²) in [4.78, 5) is 0. The van der Waals surface area contributed by atoms with Crippen LogP contribution in [-0.2, 0) is 0 Å². The number of aliphatic hydroxyl groups is 1. The number of hydrogen-bond acceptors (Lipinski definition) is 2. The lowest BCUT2D eigenvalue weighted by Crippen LogP contribution is -2.10. The molecule has 1 aliphatic carbocycles. The van der Waals surface area contributed by atoms with Gasteiger partial charge in [0.15, 0.2) is 0 Å². The van der Waals surface area contributed by atoms with Crippen molar-refractivity contribution >= 4 is 0 Å². The molecule has 0 heterocycles. The fourth-order valence-electron chi connectivity index (χ4n) is 2.73. The van der Waals surface area contributed by atoms with Crippen LogP contribution in [0.2, 0.25) is 0 Å². The third-order valence-electron chi connectivity index (χ3n) is 4.34. The van der Waals surface area contributed by atoms with Gasteiger partial charge in [-0.05, 0) is 42.4 Å². The lowest BCUT2D eigenvalue weighted by molar-refractivity contribution is 0.115. The highest BCUT2D eigenvalue weighted by Crippen LogP contribution is 2.28. The molecule has 106 valence electrons. The van der Waals surface area contributed by atoms with Crippen molar-refractivity contribution in [3.8, 4) is 5.75 Å². The molecule has 0 saturated heterocycles. The molecule has 2 rings (SSSR count). The Morgan fingerprint density at radius 3 is 2.74 bits per heavy atom. The zero-order valence-corrected chi connectivity index (χ0v) is 12.1. The smallest absolute Gasteiger partial charge is 0.119 e. The molecule has 1 aromatic rings. The van der Waals surface area contributed by atoms with Crippen LogP contribution in [0.4, 0.5) is 0 Å². The van der Waals surface area contributed by atoms with Gasteiger partial charge in [-0.1, -0.05) is 45.2 Å². The molecule has 1 fully saturated rings. The fraction of sp³-hybridized carbons (Fsp3) is 0.647. The van der Waals surface area contributed by atoms with Gasteiger partial charge in [0.1, 0.15) is 5.75 Å². The SMILES string of the molecule is CC[C@@H](C)[C@@H](O)c1cccc(OCC2CCCC2)c1. The van der Waals surface area contributed by atoms with Crippen molar-refractivity contribution in [3.05, 3.63) is 29.8 Å². The van der Waals surface area contributed by atoms with E-state index in [0.717, 1.165) is 30.3 Å². The van der Waals surface area contributed by atoms with E-state index in [1.54, 1.807) is 0 Å². The Kier molecular flexibility index (Phi) is 5.26. The van der Waals surface area contributed by atoms with Crippen LogP contribution in [0.25, 0.3) is 0 Å². The summed E-state index contributed by atoms with van der Waals surface area (Å²) < 4.78 is 5.88. The van der Waals surface area contributed by atoms with E-state index < -0.39 is 0 Å². The van der Waals surface area contributed by atoms with Crippen molar-refractivity contribution in [3.63, 3.8) is 0 Å². The minimum absolute atomic E-state index is 0.282. The van der Waals surface area contributed by atoms with Crippen LogP contribution in [0, 0.1) is 11.8 Å². The standard InChI is InChI=1S/C17H26O2/c1-3-13(2)17(18)15-9-6-10-16(11-15)19-12-14-7-4-5-8-14/h6,9-11,13-14,17-18H,3-5,7-8,12H2,1-2H3/t13-,17-/m1/s1. The van der Waals surface area contributed by atoms with E-state index in [-0.39, 0.29) is 12.0 Å². The highest BCUT2D eigenvalue weighted by Gasteiger charge is 2.17. The van der Waals surface area contributed by atoms with Crippen molar-refractivity contribution in [1.29, 1.82) is 0 Å². The van der Waals surface area contributed by atoms with Gasteiger partial charge >= 0.3 is 0 Å². The van der Waals surface area contributed by atoms with Crippen molar-refractivity contribution in [2.75, 3.05) is 6.61 Å². The first-order chi connectivity index (χ1) is 9.20. The maximum Gasteiger partial charge on any atom is 0.119 e. The first-order valence-corrected chi connectivity index (χ1v) is 7.61. The quantitative estimate of drug-likeness (QED) is 0.826. The molecule has 0 radical (unpaired) electrons. The summed E-state index contributed by atoms with van der Waals surface area (Å²) in [5.74, 6) is 1.90. The maximum absolute atomic E-state index is 10.2. The molecular formula is C17H26O2. The predicted molar refractivity (Wildman–Crippen MR) is 78.3 cm³/mol. The van der Waals surface area contributed by atoms with E-state index in [9.17, 15) is 5.11 Å². The highest BCUT2D eigenvalue weighted by atomic mass is 16.5. The van der Waals surface area contributed by atoms with Crippen molar-refractivity contribution < 1.29 is 9.84 Å². The number of ether oxygens (including phenoxy) is 1. The van der Waals surface area contributed by atoms with E-state index in [2.05, 4.69) is 13.8 Å². The largest absolute Gasteiger partial charge is 0.493 e. The molecule has 0 bridgehead atoms. The summed E-state index contributed by atoms with van der Waals surface area (Å²) in [6, 6.07) is 7.94. The minimum Gasteiger partial charge on any atom is -0.493 e. The van der Waals surface area contributed by atoms with Crippen molar-refractivity contribution in [2.24, 2.45) is 11.8 Å². The molecule has 2 heteroatoms. The zero-order valence-electron chi connectivity index (χ0n) is 12.1. The van der Waals surface area contributed by atoms with Gasteiger partial charge in [0.2, 0.25) is 0 Å². The second-order valence-electron chi connectivity index (χ2n) is 5.86. The Morgan fingerprint density at radius 1 is 1.32 bits per heavy atom. The first kappa shape index (κ1) is 14.4.